The van der Waals surface area contributed by atoms with Crippen LogP contribution < -0.4 is 15.6 Å². The van der Waals surface area contributed by atoms with Crippen molar-refractivity contribution in [3.63, 3.8) is 0 Å². The molecule has 2 aromatic heterocycles. The Morgan fingerprint density at radius 1 is 1.40 bits per heavy atom. The topological polar surface area (TPSA) is 75.9 Å². The van der Waals surface area contributed by atoms with Gasteiger partial charge in [0.15, 0.2) is 11.4 Å². The Morgan fingerprint density at radius 2 is 2.16 bits per heavy atom. The fourth-order valence-electron chi connectivity index (χ4n) is 2.29. The number of anilines is 2. The Kier molecular flexibility index (Phi) is 5.61. The molecule has 0 saturated carbocycles. The van der Waals surface area contributed by atoms with E-state index in [2.05, 4.69) is 10.3 Å². The summed E-state index contributed by atoms with van der Waals surface area (Å²) in [4.78, 5) is 16.9. The summed E-state index contributed by atoms with van der Waals surface area (Å²) in [7, 11) is 1.47. The van der Waals surface area contributed by atoms with Crippen LogP contribution in [0, 0.1) is 5.82 Å². The summed E-state index contributed by atoms with van der Waals surface area (Å²) in [5.74, 6) is -0.00763. The van der Waals surface area contributed by atoms with E-state index in [0.29, 0.717) is 11.4 Å². The number of hydrogen-bond acceptors (Lipinski definition) is 5. The van der Waals surface area contributed by atoms with Crippen LogP contribution in [0.2, 0.25) is 5.02 Å². The first-order valence-corrected chi connectivity index (χ1v) is 7.34. The van der Waals surface area contributed by atoms with E-state index < -0.39 is 18.0 Å². The highest BCUT2D eigenvalue weighted by atomic mass is 35.5. The number of hydrogen-bond donors (Lipinski definition) is 2. The number of rotatable bonds is 4. The highest BCUT2D eigenvalue weighted by Gasteiger charge is 2.15. The minimum absolute atomic E-state index is 0. The molecule has 0 fully saturated rings. The number of aliphatic hydroxyl groups excluding tert-OH is 1. The van der Waals surface area contributed by atoms with Crippen molar-refractivity contribution in [2.24, 2.45) is 0 Å². The Balaban J connectivity index is 0.00000225. The fraction of sp³-hybridized carbons (Fsp3) is 0.176. The molecule has 0 aliphatic heterocycles. The van der Waals surface area contributed by atoms with Crippen molar-refractivity contribution < 1.29 is 14.2 Å². The molecule has 2 N–H and O–H groups in total. The quantitative estimate of drug-likeness (QED) is 0.741. The highest BCUT2D eigenvalue weighted by molar-refractivity contribution is 6.31. The first-order chi connectivity index (χ1) is 11.5. The predicted molar refractivity (Wildman–Crippen MR) is 95.4 cm³/mol. The highest BCUT2D eigenvalue weighted by Crippen LogP contribution is 2.25. The van der Waals surface area contributed by atoms with Crippen LogP contribution in [0.15, 0.2) is 41.3 Å². The van der Waals surface area contributed by atoms with Crippen LogP contribution in [0.5, 0.6) is 5.75 Å². The normalized spacial score (nSPS) is 10.4. The maximum atomic E-state index is 13.3. The Bertz CT molecular complexity index is 975. The van der Waals surface area contributed by atoms with Crippen LogP contribution in [-0.4, -0.2) is 21.6 Å². The van der Waals surface area contributed by atoms with Crippen molar-refractivity contribution in [1.82, 2.24) is 9.38 Å². The van der Waals surface area contributed by atoms with Crippen molar-refractivity contribution in [3.05, 3.63) is 63.3 Å². The Morgan fingerprint density at radius 3 is 2.80 bits per heavy atom. The summed E-state index contributed by atoms with van der Waals surface area (Å²) >= 11 is 5.76. The van der Waals surface area contributed by atoms with E-state index in [9.17, 15) is 14.3 Å². The van der Waals surface area contributed by atoms with E-state index in [1.807, 2.05) is 0 Å². The molecule has 6 nitrogen and oxygen atoms in total. The van der Waals surface area contributed by atoms with E-state index in [0.717, 1.165) is 0 Å². The Hall–Kier alpha value is -2.64. The third-order valence-electron chi connectivity index (χ3n) is 3.47. The SMILES string of the molecule is C.COc1cccn2c(=O)c(CO)c(Nc3ccc(F)c(Cl)c3)nc12. The molecule has 1 aromatic carbocycles. The maximum Gasteiger partial charge on any atom is 0.265 e. The van der Waals surface area contributed by atoms with Crippen molar-refractivity contribution in [2.45, 2.75) is 14.0 Å². The van der Waals surface area contributed by atoms with Crippen molar-refractivity contribution >= 4 is 28.8 Å². The molecule has 0 saturated heterocycles. The summed E-state index contributed by atoms with van der Waals surface area (Å²) in [6.45, 7) is -0.511. The van der Waals surface area contributed by atoms with Crippen LogP contribution in [0.25, 0.3) is 5.65 Å². The molecule has 3 rings (SSSR count). The van der Waals surface area contributed by atoms with Crippen molar-refractivity contribution in [1.29, 1.82) is 0 Å². The van der Waals surface area contributed by atoms with E-state index in [-0.39, 0.29) is 29.5 Å². The minimum atomic E-state index is -0.558. The van der Waals surface area contributed by atoms with E-state index in [1.165, 1.54) is 35.9 Å². The maximum absolute atomic E-state index is 13.3. The van der Waals surface area contributed by atoms with E-state index in [1.54, 1.807) is 12.1 Å². The summed E-state index contributed by atoms with van der Waals surface area (Å²) in [6, 6.07) is 7.32. The van der Waals surface area contributed by atoms with Crippen LogP contribution in [-0.2, 0) is 6.61 Å². The number of halogens is 2. The van der Waals surface area contributed by atoms with Gasteiger partial charge in [-0.15, -0.1) is 0 Å². The molecule has 0 aliphatic rings. The third kappa shape index (κ3) is 3.42. The van der Waals surface area contributed by atoms with Gasteiger partial charge in [0, 0.05) is 11.9 Å². The lowest BCUT2D eigenvalue weighted by molar-refractivity contribution is 0.280. The molecule has 0 unspecified atom stereocenters. The van der Waals surface area contributed by atoms with Gasteiger partial charge in [-0.2, -0.15) is 0 Å². The van der Waals surface area contributed by atoms with Gasteiger partial charge in [0.25, 0.3) is 5.56 Å². The second-order valence-electron chi connectivity index (χ2n) is 4.93. The largest absolute Gasteiger partial charge is 0.493 e. The van der Waals surface area contributed by atoms with Crippen LogP contribution in [0.4, 0.5) is 15.9 Å². The van der Waals surface area contributed by atoms with Gasteiger partial charge in [0.05, 0.1) is 24.3 Å². The number of nitrogens with zero attached hydrogens (tertiary/aromatic N) is 2. The standard InChI is InChI=1S/C16H13ClFN3O3.CH4/c1-24-13-3-2-6-21-15(13)20-14(10(8-22)16(21)23)19-9-4-5-12(18)11(17)7-9;/h2-7,19,22H,8H2,1H3;1H4. The number of benzene rings is 1. The molecule has 25 heavy (non-hydrogen) atoms. The molecular weight excluding hydrogens is 349 g/mol. The van der Waals surface area contributed by atoms with E-state index in [4.69, 9.17) is 16.3 Å². The molecule has 0 aliphatic carbocycles. The fourth-order valence-corrected chi connectivity index (χ4v) is 2.47. The summed E-state index contributed by atoms with van der Waals surface area (Å²) in [5.41, 5.74) is 0.360. The summed E-state index contributed by atoms with van der Waals surface area (Å²) < 4.78 is 19.8. The van der Waals surface area contributed by atoms with Crippen LogP contribution in [0.1, 0.15) is 13.0 Å². The molecule has 8 heteroatoms. The second kappa shape index (κ2) is 7.50. The van der Waals surface area contributed by atoms with E-state index >= 15 is 0 Å². The molecule has 0 spiro atoms. The second-order valence-corrected chi connectivity index (χ2v) is 5.33. The molecule has 2 heterocycles. The number of aliphatic hydroxyl groups is 1. The molecule has 0 bridgehead atoms. The van der Waals surface area contributed by atoms with Gasteiger partial charge in [-0.05, 0) is 30.3 Å². The van der Waals surface area contributed by atoms with Gasteiger partial charge in [-0.1, -0.05) is 19.0 Å². The van der Waals surface area contributed by atoms with Gasteiger partial charge < -0.3 is 15.2 Å². The van der Waals surface area contributed by atoms with Crippen molar-refractivity contribution in [3.8, 4) is 5.75 Å². The molecule has 0 atom stereocenters. The average Bonchev–Trinajstić information content (AvgIpc) is 2.58. The minimum Gasteiger partial charge on any atom is -0.493 e. The lowest BCUT2D eigenvalue weighted by Crippen LogP contribution is -2.22. The lowest BCUT2D eigenvalue weighted by Gasteiger charge is -2.13. The van der Waals surface area contributed by atoms with Gasteiger partial charge in [-0.3, -0.25) is 9.20 Å². The molecular formula is C17H17ClFN3O3. The summed E-state index contributed by atoms with van der Waals surface area (Å²) in [6.07, 6.45) is 1.53. The Labute approximate surface area is 148 Å². The number of methoxy groups -OCH3 is 1. The smallest absolute Gasteiger partial charge is 0.265 e. The number of fused-ring (bicyclic) bond motifs is 1. The molecule has 0 radical (unpaired) electrons. The number of pyridine rings is 1. The lowest BCUT2D eigenvalue weighted by atomic mass is 10.2. The zero-order chi connectivity index (χ0) is 17.3. The summed E-state index contributed by atoms with van der Waals surface area (Å²) in [5, 5.41) is 12.4. The molecule has 132 valence electrons. The first kappa shape index (κ1) is 18.7. The van der Waals surface area contributed by atoms with Gasteiger partial charge >= 0.3 is 0 Å². The zero-order valence-electron chi connectivity index (χ0n) is 12.6. The van der Waals surface area contributed by atoms with Crippen molar-refractivity contribution in [2.75, 3.05) is 12.4 Å². The van der Waals surface area contributed by atoms with Crippen LogP contribution >= 0.6 is 11.6 Å². The number of ether oxygens (including phenoxy) is 1. The van der Waals surface area contributed by atoms with Gasteiger partial charge in [-0.25, -0.2) is 9.37 Å². The molecule has 3 aromatic rings. The predicted octanol–water partition coefficient (Wildman–Crippen LogP) is 3.37. The molecule has 0 amide bonds. The van der Waals surface area contributed by atoms with Gasteiger partial charge in [0.2, 0.25) is 0 Å². The zero-order valence-corrected chi connectivity index (χ0v) is 13.3. The first-order valence-electron chi connectivity index (χ1n) is 6.96. The number of aromatic nitrogens is 2. The average molecular weight is 366 g/mol. The van der Waals surface area contributed by atoms with Gasteiger partial charge in [0.1, 0.15) is 11.6 Å². The van der Waals surface area contributed by atoms with Crippen LogP contribution in [0.3, 0.4) is 0 Å². The third-order valence-corrected chi connectivity index (χ3v) is 3.76. The number of nitrogens with one attached hydrogen (secondary N) is 1. The monoisotopic (exact) mass is 365 g/mol.